The SMILES string of the molecule is CC(C)(C)OC(=O)N[C@]12CC[C@H](C[C@@H]1O)C2(C)C. The molecule has 1 amide bonds. The first kappa shape index (κ1) is 13.7. The van der Waals surface area contributed by atoms with Crippen LogP contribution in [0.2, 0.25) is 0 Å². The van der Waals surface area contributed by atoms with Crippen molar-refractivity contribution in [3.63, 3.8) is 0 Å². The summed E-state index contributed by atoms with van der Waals surface area (Å²) in [7, 11) is 0. The van der Waals surface area contributed by atoms with Gasteiger partial charge in [-0.2, -0.15) is 0 Å². The zero-order valence-corrected chi connectivity index (χ0v) is 12.0. The van der Waals surface area contributed by atoms with Gasteiger partial charge >= 0.3 is 6.09 Å². The van der Waals surface area contributed by atoms with Crippen LogP contribution < -0.4 is 5.32 Å². The van der Waals surface area contributed by atoms with Crippen LogP contribution >= 0.6 is 0 Å². The third kappa shape index (κ3) is 1.91. The third-order valence-electron chi connectivity index (χ3n) is 4.86. The number of fused-ring (bicyclic) bond motifs is 2. The molecule has 2 fully saturated rings. The van der Waals surface area contributed by atoms with Crippen LogP contribution in [0.25, 0.3) is 0 Å². The maximum absolute atomic E-state index is 12.0. The highest BCUT2D eigenvalue weighted by Gasteiger charge is 2.64. The number of rotatable bonds is 1. The van der Waals surface area contributed by atoms with Gasteiger partial charge in [0.05, 0.1) is 11.6 Å². The van der Waals surface area contributed by atoms with Crippen molar-refractivity contribution in [2.75, 3.05) is 0 Å². The quantitative estimate of drug-likeness (QED) is 0.756. The molecule has 0 spiro atoms. The number of alkyl carbamates (subject to hydrolysis) is 1. The Hall–Kier alpha value is -0.770. The minimum atomic E-state index is -0.514. The fourth-order valence-corrected chi connectivity index (χ4v) is 3.72. The summed E-state index contributed by atoms with van der Waals surface area (Å²) in [5.74, 6) is 0.488. The van der Waals surface area contributed by atoms with Gasteiger partial charge in [0.2, 0.25) is 0 Å². The molecule has 0 unspecified atom stereocenters. The Bertz CT molecular complexity index is 359. The topological polar surface area (TPSA) is 58.6 Å². The van der Waals surface area contributed by atoms with Crippen molar-refractivity contribution in [2.24, 2.45) is 11.3 Å². The van der Waals surface area contributed by atoms with E-state index in [1.54, 1.807) is 0 Å². The number of nitrogens with one attached hydrogen (secondary N) is 1. The zero-order chi connectivity index (χ0) is 13.8. The molecule has 4 heteroatoms. The van der Waals surface area contributed by atoms with E-state index in [9.17, 15) is 9.90 Å². The van der Waals surface area contributed by atoms with E-state index >= 15 is 0 Å². The summed E-state index contributed by atoms with van der Waals surface area (Å²) in [6.07, 6.45) is 1.81. The predicted octanol–water partition coefficient (Wildman–Crippen LogP) is 2.45. The van der Waals surface area contributed by atoms with E-state index in [1.807, 2.05) is 20.8 Å². The van der Waals surface area contributed by atoms with Gasteiger partial charge in [-0.05, 0) is 51.4 Å². The molecule has 0 aromatic rings. The van der Waals surface area contributed by atoms with Gasteiger partial charge < -0.3 is 15.2 Å². The Kier molecular flexibility index (Phi) is 2.93. The summed E-state index contributed by atoms with van der Waals surface area (Å²) < 4.78 is 5.33. The van der Waals surface area contributed by atoms with Crippen molar-refractivity contribution in [3.8, 4) is 0 Å². The third-order valence-corrected chi connectivity index (χ3v) is 4.86. The summed E-state index contributed by atoms with van der Waals surface area (Å²) in [6, 6.07) is 0. The molecule has 0 radical (unpaired) electrons. The summed E-state index contributed by atoms with van der Waals surface area (Å²) in [4.78, 5) is 12.0. The molecule has 104 valence electrons. The Morgan fingerprint density at radius 2 is 2.00 bits per heavy atom. The summed E-state index contributed by atoms with van der Waals surface area (Å²) in [5, 5.41) is 13.3. The Balaban J connectivity index is 2.14. The summed E-state index contributed by atoms with van der Waals surface area (Å²) >= 11 is 0. The first-order chi connectivity index (χ1) is 8.08. The Labute approximate surface area is 109 Å². The lowest BCUT2D eigenvalue weighted by molar-refractivity contribution is 0.00882. The molecular formula is C14H25NO3. The number of aliphatic hydroxyl groups is 1. The van der Waals surface area contributed by atoms with Crippen LogP contribution in [0.4, 0.5) is 4.79 Å². The molecule has 2 bridgehead atoms. The molecule has 18 heavy (non-hydrogen) atoms. The van der Waals surface area contributed by atoms with Gasteiger partial charge in [-0.1, -0.05) is 13.8 Å². The minimum absolute atomic E-state index is 0.0661. The van der Waals surface area contributed by atoms with E-state index in [2.05, 4.69) is 19.2 Å². The van der Waals surface area contributed by atoms with Crippen LogP contribution in [0.3, 0.4) is 0 Å². The average Bonchev–Trinajstić information content (AvgIpc) is 2.47. The van der Waals surface area contributed by atoms with Gasteiger partial charge in [0.1, 0.15) is 5.60 Å². The van der Waals surface area contributed by atoms with Crippen molar-refractivity contribution in [2.45, 2.75) is 71.1 Å². The molecule has 4 nitrogen and oxygen atoms in total. The summed E-state index contributed by atoms with van der Waals surface area (Å²) in [5.41, 5.74) is -1.09. The standard InChI is InChI=1S/C14H25NO3/c1-12(2,3)18-11(17)15-14-7-6-9(8-10(14)16)13(14,4)5/h9-10,16H,6-8H2,1-5H3,(H,15,17)/t9-,10+,14-/m1/s1. The van der Waals surface area contributed by atoms with Gasteiger partial charge in [-0.25, -0.2) is 4.79 Å². The van der Waals surface area contributed by atoms with E-state index in [4.69, 9.17) is 4.74 Å². The van der Waals surface area contributed by atoms with Crippen LogP contribution in [-0.2, 0) is 4.74 Å². The molecular weight excluding hydrogens is 230 g/mol. The monoisotopic (exact) mass is 255 g/mol. The van der Waals surface area contributed by atoms with E-state index in [0.717, 1.165) is 19.3 Å². The minimum Gasteiger partial charge on any atom is -0.444 e. The highest BCUT2D eigenvalue weighted by molar-refractivity contribution is 5.69. The van der Waals surface area contributed by atoms with Crippen molar-refractivity contribution in [1.82, 2.24) is 5.32 Å². The first-order valence-electron chi connectivity index (χ1n) is 6.78. The van der Waals surface area contributed by atoms with Gasteiger partial charge in [0, 0.05) is 0 Å². The number of amides is 1. The molecule has 0 saturated heterocycles. The van der Waals surface area contributed by atoms with Crippen LogP contribution in [0.1, 0.15) is 53.9 Å². The number of carbonyl (C=O) groups is 1. The number of aliphatic hydroxyl groups excluding tert-OH is 1. The number of hydrogen-bond donors (Lipinski definition) is 2. The van der Waals surface area contributed by atoms with Crippen molar-refractivity contribution >= 4 is 6.09 Å². The Morgan fingerprint density at radius 1 is 1.39 bits per heavy atom. The van der Waals surface area contributed by atoms with Crippen LogP contribution in [0, 0.1) is 11.3 Å². The molecule has 0 aromatic carbocycles. The van der Waals surface area contributed by atoms with Crippen LogP contribution in [0.5, 0.6) is 0 Å². The summed E-state index contributed by atoms with van der Waals surface area (Å²) in [6.45, 7) is 9.81. The zero-order valence-electron chi connectivity index (χ0n) is 12.0. The largest absolute Gasteiger partial charge is 0.444 e. The lowest BCUT2D eigenvalue weighted by Crippen LogP contribution is -2.60. The molecule has 0 aliphatic heterocycles. The first-order valence-corrected chi connectivity index (χ1v) is 6.78. The molecule has 2 aliphatic carbocycles. The maximum atomic E-state index is 12.0. The average molecular weight is 255 g/mol. The highest BCUT2D eigenvalue weighted by Crippen LogP contribution is 2.60. The Morgan fingerprint density at radius 3 is 2.39 bits per heavy atom. The second-order valence-electron chi connectivity index (χ2n) is 7.31. The van der Waals surface area contributed by atoms with Crippen LogP contribution in [0.15, 0.2) is 0 Å². The van der Waals surface area contributed by atoms with Gasteiger partial charge in [0.15, 0.2) is 0 Å². The molecule has 2 aliphatic rings. The van der Waals surface area contributed by atoms with Gasteiger partial charge in [-0.3, -0.25) is 0 Å². The number of carbonyl (C=O) groups excluding carboxylic acids is 1. The number of ether oxygens (including phenoxy) is 1. The molecule has 2 rings (SSSR count). The molecule has 0 aromatic heterocycles. The normalized spacial score (nSPS) is 37.7. The lowest BCUT2D eigenvalue weighted by Gasteiger charge is -2.41. The van der Waals surface area contributed by atoms with Gasteiger partial charge in [0.25, 0.3) is 0 Å². The van der Waals surface area contributed by atoms with Gasteiger partial charge in [-0.15, -0.1) is 0 Å². The van der Waals surface area contributed by atoms with E-state index in [0.29, 0.717) is 5.92 Å². The fourth-order valence-electron chi connectivity index (χ4n) is 3.72. The second kappa shape index (κ2) is 3.86. The molecule has 2 N–H and O–H groups in total. The fraction of sp³-hybridized carbons (Fsp3) is 0.929. The van der Waals surface area contributed by atoms with Crippen molar-refractivity contribution in [3.05, 3.63) is 0 Å². The molecule has 0 heterocycles. The highest BCUT2D eigenvalue weighted by atomic mass is 16.6. The lowest BCUT2D eigenvalue weighted by atomic mass is 9.75. The molecule has 3 atom stereocenters. The predicted molar refractivity (Wildman–Crippen MR) is 69.2 cm³/mol. The van der Waals surface area contributed by atoms with E-state index < -0.39 is 23.3 Å². The molecule has 2 saturated carbocycles. The van der Waals surface area contributed by atoms with Crippen molar-refractivity contribution < 1.29 is 14.6 Å². The van der Waals surface area contributed by atoms with E-state index in [-0.39, 0.29) is 5.41 Å². The van der Waals surface area contributed by atoms with Crippen molar-refractivity contribution in [1.29, 1.82) is 0 Å². The second-order valence-corrected chi connectivity index (χ2v) is 7.31. The number of hydrogen-bond acceptors (Lipinski definition) is 3. The smallest absolute Gasteiger partial charge is 0.408 e. The van der Waals surface area contributed by atoms with E-state index in [1.165, 1.54) is 0 Å². The maximum Gasteiger partial charge on any atom is 0.408 e. The van der Waals surface area contributed by atoms with Crippen LogP contribution in [-0.4, -0.2) is 28.4 Å².